The normalized spacial score (nSPS) is 11.5. The molecule has 192 valence electrons. The van der Waals surface area contributed by atoms with Crippen LogP contribution >= 0.6 is 11.6 Å². The van der Waals surface area contributed by atoms with Crippen LogP contribution in [-0.4, -0.2) is 53.6 Å². The first kappa shape index (κ1) is 24.8. The van der Waals surface area contributed by atoms with E-state index < -0.39 is 29.2 Å². The van der Waals surface area contributed by atoms with E-state index in [-0.39, 0.29) is 33.3 Å². The SMILES string of the molecule is CNC(=O)c1ncc(-n2ncc(C(=O)Nc3cnc(-n4nccn4)c(Cl)c3)c2C(F)(F)F)c2ccccc12. The number of rotatable bonds is 5. The van der Waals surface area contributed by atoms with Gasteiger partial charge in [-0.05, 0) is 6.07 Å². The summed E-state index contributed by atoms with van der Waals surface area (Å²) < 4.78 is 43.4. The molecule has 0 saturated heterocycles. The standard InChI is InChI=1S/C23H15ClF3N9O2/c1-28-22(38)18-14-5-3-2-4-13(14)17(11-29-18)35-19(23(25,26)27)15(10-33-35)21(37)34-12-8-16(24)20(30-9-12)36-31-6-7-32-36/h2-11H,1H3,(H,28,38)(H,34,37). The van der Waals surface area contributed by atoms with E-state index in [1.54, 1.807) is 18.2 Å². The molecule has 0 aliphatic carbocycles. The van der Waals surface area contributed by atoms with Gasteiger partial charge in [0.1, 0.15) is 5.69 Å². The Labute approximate surface area is 216 Å². The van der Waals surface area contributed by atoms with Gasteiger partial charge in [0.2, 0.25) is 0 Å². The van der Waals surface area contributed by atoms with Crippen LogP contribution in [0, 0.1) is 0 Å². The maximum absolute atomic E-state index is 14.3. The summed E-state index contributed by atoms with van der Waals surface area (Å²) in [5.74, 6) is -1.44. The van der Waals surface area contributed by atoms with Gasteiger partial charge in [-0.1, -0.05) is 35.9 Å². The number of halogens is 4. The molecule has 0 radical (unpaired) electrons. The highest BCUT2D eigenvalue weighted by molar-refractivity contribution is 6.32. The highest BCUT2D eigenvalue weighted by Crippen LogP contribution is 2.36. The minimum Gasteiger partial charge on any atom is -0.354 e. The Morgan fingerprint density at radius 3 is 2.32 bits per heavy atom. The van der Waals surface area contributed by atoms with E-state index in [2.05, 4.69) is 35.9 Å². The first-order valence-electron chi connectivity index (χ1n) is 10.8. The molecule has 0 saturated carbocycles. The molecule has 1 aromatic carbocycles. The molecule has 0 atom stereocenters. The molecule has 0 unspecified atom stereocenters. The van der Waals surface area contributed by atoms with Crippen molar-refractivity contribution in [3.8, 4) is 11.5 Å². The molecular weight excluding hydrogens is 527 g/mol. The molecular formula is C23H15ClF3N9O2. The molecule has 0 aliphatic heterocycles. The van der Waals surface area contributed by atoms with Crippen molar-refractivity contribution in [3.05, 3.63) is 83.3 Å². The van der Waals surface area contributed by atoms with Crippen LogP contribution in [0.4, 0.5) is 18.9 Å². The van der Waals surface area contributed by atoms with Crippen molar-refractivity contribution in [3.63, 3.8) is 0 Å². The summed E-state index contributed by atoms with van der Waals surface area (Å²) >= 11 is 6.19. The van der Waals surface area contributed by atoms with Crippen molar-refractivity contribution in [2.24, 2.45) is 0 Å². The number of nitrogens with one attached hydrogen (secondary N) is 2. The maximum atomic E-state index is 14.3. The predicted octanol–water partition coefficient (Wildman–Crippen LogP) is 3.68. The summed E-state index contributed by atoms with van der Waals surface area (Å²) in [6, 6.07) is 7.62. The van der Waals surface area contributed by atoms with Gasteiger partial charge in [0.15, 0.2) is 11.5 Å². The van der Waals surface area contributed by atoms with Gasteiger partial charge < -0.3 is 10.6 Å². The molecule has 5 aromatic rings. The van der Waals surface area contributed by atoms with Crippen LogP contribution in [0.1, 0.15) is 26.5 Å². The van der Waals surface area contributed by atoms with Gasteiger partial charge in [-0.3, -0.25) is 9.59 Å². The number of aromatic nitrogens is 7. The average Bonchev–Trinajstić information content (AvgIpc) is 3.58. The van der Waals surface area contributed by atoms with Gasteiger partial charge in [-0.15, -0.1) is 4.80 Å². The third-order valence-electron chi connectivity index (χ3n) is 5.41. The molecule has 4 aromatic heterocycles. The second-order valence-electron chi connectivity index (χ2n) is 7.74. The van der Waals surface area contributed by atoms with Crippen molar-refractivity contribution in [2.45, 2.75) is 6.18 Å². The van der Waals surface area contributed by atoms with Crippen LogP contribution in [0.15, 0.2) is 61.3 Å². The molecule has 38 heavy (non-hydrogen) atoms. The number of carbonyl (C=O) groups excluding carboxylic acids is 2. The van der Waals surface area contributed by atoms with E-state index in [4.69, 9.17) is 11.6 Å². The molecule has 5 rings (SSSR count). The molecule has 0 fully saturated rings. The van der Waals surface area contributed by atoms with Crippen LogP contribution in [0.2, 0.25) is 5.02 Å². The van der Waals surface area contributed by atoms with Crippen LogP contribution in [0.3, 0.4) is 0 Å². The van der Waals surface area contributed by atoms with Gasteiger partial charge in [-0.25, -0.2) is 14.6 Å². The molecule has 11 nitrogen and oxygen atoms in total. The van der Waals surface area contributed by atoms with Crippen LogP contribution in [0.5, 0.6) is 0 Å². The lowest BCUT2D eigenvalue weighted by Crippen LogP contribution is -2.22. The highest BCUT2D eigenvalue weighted by Gasteiger charge is 2.41. The smallest absolute Gasteiger partial charge is 0.354 e. The lowest BCUT2D eigenvalue weighted by Gasteiger charge is -2.15. The summed E-state index contributed by atoms with van der Waals surface area (Å²) in [5.41, 5.74) is -2.07. The van der Waals surface area contributed by atoms with Crippen molar-refractivity contribution in [1.29, 1.82) is 0 Å². The summed E-state index contributed by atoms with van der Waals surface area (Å²) in [4.78, 5) is 34.5. The number of nitrogens with zero attached hydrogens (tertiary/aromatic N) is 7. The zero-order valence-electron chi connectivity index (χ0n) is 19.2. The van der Waals surface area contributed by atoms with Crippen molar-refractivity contribution < 1.29 is 22.8 Å². The molecule has 0 bridgehead atoms. The molecule has 0 spiro atoms. The number of amides is 2. The van der Waals surface area contributed by atoms with Crippen LogP contribution in [-0.2, 0) is 6.18 Å². The fourth-order valence-electron chi connectivity index (χ4n) is 3.79. The second kappa shape index (κ2) is 9.55. The van der Waals surface area contributed by atoms with Gasteiger partial charge in [0, 0.05) is 17.8 Å². The number of pyridine rings is 2. The Morgan fingerprint density at radius 2 is 1.66 bits per heavy atom. The monoisotopic (exact) mass is 541 g/mol. The van der Waals surface area contributed by atoms with E-state index in [1.807, 2.05) is 0 Å². The fraction of sp³-hybridized carbons (Fsp3) is 0.0870. The number of hydrogen-bond donors (Lipinski definition) is 2. The number of fused-ring (bicyclic) bond motifs is 1. The first-order valence-corrected chi connectivity index (χ1v) is 11.2. The number of carbonyl (C=O) groups is 2. The highest BCUT2D eigenvalue weighted by atomic mass is 35.5. The fourth-order valence-corrected chi connectivity index (χ4v) is 4.03. The van der Waals surface area contributed by atoms with Gasteiger partial charge >= 0.3 is 6.18 Å². The van der Waals surface area contributed by atoms with Crippen LogP contribution in [0.25, 0.3) is 22.3 Å². The third kappa shape index (κ3) is 4.41. The Kier molecular flexibility index (Phi) is 6.24. The summed E-state index contributed by atoms with van der Waals surface area (Å²) in [6.07, 6.45) is 0.952. The van der Waals surface area contributed by atoms with Gasteiger partial charge in [-0.2, -0.15) is 28.5 Å². The third-order valence-corrected chi connectivity index (χ3v) is 5.69. The second-order valence-corrected chi connectivity index (χ2v) is 8.14. The zero-order chi connectivity index (χ0) is 27.0. The Bertz CT molecular complexity index is 1680. The van der Waals surface area contributed by atoms with E-state index in [1.165, 1.54) is 37.8 Å². The first-order chi connectivity index (χ1) is 18.2. The summed E-state index contributed by atoms with van der Waals surface area (Å²) in [7, 11) is 1.41. The topological polar surface area (TPSA) is 133 Å². The number of benzene rings is 1. The van der Waals surface area contributed by atoms with E-state index in [0.717, 1.165) is 17.2 Å². The number of alkyl halides is 3. The van der Waals surface area contributed by atoms with E-state index in [0.29, 0.717) is 10.1 Å². The molecule has 2 amide bonds. The minimum absolute atomic E-state index is 0.0312. The van der Waals surface area contributed by atoms with Gasteiger partial charge in [0.25, 0.3) is 11.8 Å². The summed E-state index contributed by atoms with van der Waals surface area (Å²) in [6.45, 7) is 0. The lowest BCUT2D eigenvalue weighted by atomic mass is 10.1. The van der Waals surface area contributed by atoms with Crippen molar-refractivity contribution >= 4 is 39.9 Å². The molecule has 4 heterocycles. The van der Waals surface area contributed by atoms with E-state index in [9.17, 15) is 22.8 Å². The van der Waals surface area contributed by atoms with E-state index >= 15 is 0 Å². The lowest BCUT2D eigenvalue weighted by molar-refractivity contribution is -0.143. The molecule has 15 heteroatoms. The zero-order valence-corrected chi connectivity index (χ0v) is 20.0. The number of hydrogen-bond acceptors (Lipinski definition) is 7. The minimum atomic E-state index is -4.98. The Morgan fingerprint density at radius 1 is 0.947 bits per heavy atom. The molecule has 2 N–H and O–H groups in total. The van der Waals surface area contributed by atoms with Crippen molar-refractivity contribution in [1.82, 2.24) is 40.1 Å². The average molecular weight is 542 g/mol. The Balaban J connectivity index is 1.55. The Hall–Kier alpha value is -4.85. The predicted molar refractivity (Wildman–Crippen MR) is 129 cm³/mol. The van der Waals surface area contributed by atoms with Gasteiger partial charge in [0.05, 0.1) is 52.9 Å². The van der Waals surface area contributed by atoms with Crippen LogP contribution < -0.4 is 10.6 Å². The largest absolute Gasteiger partial charge is 0.434 e. The number of anilines is 1. The summed E-state index contributed by atoms with van der Waals surface area (Å²) in [5, 5.41) is 17.1. The van der Waals surface area contributed by atoms with Crippen molar-refractivity contribution in [2.75, 3.05) is 12.4 Å². The molecule has 0 aliphatic rings. The maximum Gasteiger partial charge on any atom is 0.434 e. The quantitative estimate of drug-likeness (QED) is 0.347.